The summed E-state index contributed by atoms with van der Waals surface area (Å²) in [7, 11) is 1.74. The average Bonchev–Trinajstić information content (AvgIpc) is 3.55. The molecule has 0 atom stereocenters. The molecule has 3 N–H and O–H groups in total. The Morgan fingerprint density at radius 3 is 2.50 bits per heavy atom. The van der Waals surface area contributed by atoms with Crippen LogP contribution in [0.4, 0.5) is 0 Å². The summed E-state index contributed by atoms with van der Waals surface area (Å²) < 4.78 is 0. The van der Waals surface area contributed by atoms with E-state index in [0.29, 0.717) is 12.8 Å². The number of hydrogen-bond donors (Lipinski definition) is 3. The molecule has 6 heteroatoms. The first-order valence-corrected chi connectivity index (χ1v) is 11.1. The van der Waals surface area contributed by atoms with Crippen LogP contribution in [-0.2, 0) is 5.60 Å². The summed E-state index contributed by atoms with van der Waals surface area (Å²) in [4.78, 5) is 9.70. The molecule has 3 aliphatic rings. The first-order valence-electron chi connectivity index (χ1n) is 10.3. The van der Waals surface area contributed by atoms with E-state index in [4.69, 9.17) is 0 Å². The Bertz CT molecular complexity index is 809. The van der Waals surface area contributed by atoms with Crippen molar-refractivity contribution in [2.75, 3.05) is 7.05 Å². The SMILES string of the molecule is CC/C=C(\C=C(/C)c1cnc(C2(O)CC3(CC3)C(O)C3(CC3)C2)s1)NC=NC. The van der Waals surface area contributed by atoms with E-state index >= 15 is 0 Å². The van der Waals surface area contributed by atoms with Gasteiger partial charge in [0.2, 0.25) is 0 Å². The lowest BCUT2D eigenvalue weighted by molar-refractivity contribution is -0.121. The number of hydrogen-bond acceptors (Lipinski definition) is 5. The van der Waals surface area contributed by atoms with Crippen molar-refractivity contribution in [1.29, 1.82) is 0 Å². The normalized spacial score (nSPS) is 31.0. The molecule has 3 saturated carbocycles. The summed E-state index contributed by atoms with van der Waals surface area (Å²) in [6, 6.07) is 0. The molecule has 0 bridgehead atoms. The Kier molecular flexibility index (Phi) is 5.01. The predicted octanol–water partition coefficient (Wildman–Crippen LogP) is 3.99. The van der Waals surface area contributed by atoms with Gasteiger partial charge in [-0.1, -0.05) is 13.0 Å². The largest absolute Gasteiger partial charge is 0.392 e. The van der Waals surface area contributed by atoms with Gasteiger partial charge in [0.15, 0.2) is 0 Å². The molecule has 152 valence electrons. The number of nitrogens with zero attached hydrogens (tertiary/aromatic N) is 2. The highest BCUT2D eigenvalue weighted by atomic mass is 32.1. The molecule has 0 amide bonds. The lowest BCUT2D eigenvalue weighted by Crippen LogP contribution is -2.47. The fourth-order valence-electron chi connectivity index (χ4n) is 4.94. The van der Waals surface area contributed by atoms with Crippen molar-refractivity contribution in [3.63, 3.8) is 0 Å². The van der Waals surface area contributed by atoms with Crippen molar-refractivity contribution in [2.24, 2.45) is 15.8 Å². The van der Waals surface area contributed by atoms with Gasteiger partial charge in [0.25, 0.3) is 0 Å². The summed E-state index contributed by atoms with van der Waals surface area (Å²) >= 11 is 1.59. The molecule has 1 aromatic heterocycles. The monoisotopic (exact) mass is 401 g/mol. The van der Waals surface area contributed by atoms with E-state index in [9.17, 15) is 10.2 Å². The minimum atomic E-state index is -0.898. The highest BCUT2D eigenvalue weighted by Gasteiger charge is 2.69. The Morgan fingerprint density at radius 1 is 1.32 bits per heavy atom. The van der Waals surface area contributed by atoms with Gasteiger partial charge in [-0.05, 0) is 63.5 Å². The lowest BCUT2D eigenvalue weighted by Gasteiger charge is -2.44. The summed E-state index contributed by atoms with van der Waals surface area (Å²) in [5.41, 5.74) is 1.09. The van der Waals surface area contributed by atoms with Crippen LogP contribution in [-0.4, -0.2) is 34.7 Å². The van der Waals surface area contributed by atoms with Crippen LogP contribution in [0.2, 0.25) is 0 Å². The molecular formula is C22H31N3O2S. The van der Waals surface area contributed by atoms with Crippen molar-refractivity contribution in [2.45, 2.75) is 70.5 Å². The molecule has 0 aliphatic heterocycles. The fourth-order valence-corrected chi connectivity index (χ4v) is 5.91. The van der Waals surface area contributed by atoms with E-state index < -0.39 is 5.60 Å². The zero-order valence-electron chi connectivity index (χ0n) is 17.0. The van der Waals surface area contributed by atoms with Crippen LogP contribution in [0.15, 0.2) is 29.0 Å². The minimum Gasteiger partial charge on any atom is -0.392 e. The van der Waals surface area contributed by atoms with Gasteiger partial charge >= 0.3 is 0 Å². The highest BCUT2D eigenvalue weighted by Crippen LogP contribution is 2.72. The molecule has 5 nitrogen and oxygen atoms in total. The van der Waals surface area contributed by atoms with Gasteiger partial charge in [-0.2, -0.15) is 0 Å². The van der Waals surface area contributed by atoms with Gasteiger partial charge < -0.3 is 15.5 Å². The maximum atomic E-state index is 11.6. The number of rotatable bonds is 6. The maximum Gasteiger partial charge on any atom is 0.125 e. The minimum absolute atomic E-state index is 0.0688. The van der Waals surface area contributed by atoms with E-state index in [1.165, 1.54) is 0 Å². The van der Waals surface area contributed by atoms with Crippen molar-refractivity contribution in [3.05, 3.63) is 33.9 Å². The number of aliphatic hydroxyl groups is 2. The standard InChI is InChI=1S/C22H31N3O2S/c1-4-5-16(25-14-23-3)10-15(2)17-11-24-19(28-17)22(27)12-20(6-7-20)18(26)21(13-22)8-9-21/h5,10-11,14,18,26-27H,4,6-9,12-13H2,1-3H3,(H,23,25)/b15-10+,16-5+. The second-order valence-electron chi connectivity index (χ2n) is 8.97. The van der Waals surface area contributed by atoms with Crippen LogP contribution in [0, 0.1) is 10.8 Å². The number of allylic oxidation sites excluding steroid dienone is 3. The van der Waals surface area contributed by atoms with Gasteiger partial charge in [0.1, 0.15) is 10.6 Å². The van der Waals surface area contributed by atoms with Crippen LogP contribution in [0.1, 0.15) is 68.7 Å². The van der Waals surface area contributed by atoms with E-state index in [1.807, 2.05) is 6.20 Å². The zero-order chi connectivity index (χ0) is 20.0. The molecule has 0 aromatic carbocycles. The fraction of sp³-hybridized carbons (Fsp3) is 0.636. The Labute approximate surface area is 171 Å². The van der Waals surface area contributed by atoms with Crippen molar-refractivity contribution < 1.29 is 10.2 Å². The number of aliphatic hydroxyl groups excluding tert-OH is 1. The van der Waals surface area contributed by atoms with Crippen LogP contribution in [0.5, 0.6) is 0 Å². The van der Waals surface area contributed by atoms with E-state index in [1.54, 1.807) is 24.7 Å². The van der Waals surface area contributed by atoms with Crippen LogP contribution >= 0.6 is 11.3 Å². The Balaban J connectivity index is 1.57. The van der Waals surface area contributed by atoms with Gasteiger partial charge in [-0.15, -0.1) is 11.3 Å². The molecule has 0 saturated heterocycles. The van der Waals surface area contributed by atoms with Gasteiger partial charge in [-0.3, -0.25) is 4.99 Å². The number of nitrogens with one attached hydrogen (secondary N) is 1. The Hall–Kier alpha value is -1.50. The van der Waals surface area contributed by atoms with Gasteiger partial charge in [0.05, 0.1) is 17.3 Å². The molecule has 1 heterocycles. The molecule has 3 aliphatic carbocycles. The Morgan fingerprint density at radius 2 is 1.96 bits per heavy atom. The predicted molar refractivity (Wildman–Crippen MR) is 114 cm³/mol. The highest BCUT2D eigenvalue weighted by molar-refractivity contribution is 7.12. The van der Waals surface area contributed by atoms with Gasteiger partial charge in [-0.25, -0.2) is 4.98 Å². The van der Waals surface area contributed by atoms with E-state index in [0.717, 1.165) is 53.3 Å². The summed E-state index contributed by atoms with van der Waals surface area (Å²) in [5.74, 6) is 0. The van der Waals surface area contributed by atoms with Crippen molar-refractivity contribution >= 4 is 23.2 Å². The van der Waals surface area contributed by atoms with E-state index in [-0.39, 0.29) is 16.9 Å². The number of aliphatic imine (C=N–C) groups is 1. The van der Waals surface area contributed by atoms with Crippen molar-refractivity contribution in [1.82, 2.24) is 10.3 Å². The third-order valence-corrected chi connectivity index (χ3v) is 8.01. The van der Waals surface area contributed by atoms with Crippen molar-refractivity contribution in [3.8, 4) is 0 Å². The first kappa shape index (κ1) is 19.8. The molecule has 4 rings (SSSR count). The lowest BCUT2D eigenvalue weighted by atomic mass is 9.66. The smallest absolute Gasteiger partial charge is 0.125 e. The second-order valence-corrected chi connectivity index (χ2v) is 10.00. The topological polar surface area (TPSA) is 77.7 Å². The van der Waals surface area contributed by atoms with E-state index in [2.05, 4.69) is 41.3 Å². The molecule has 0 radical (unpaired) electrons. The summed E-state index contributed by atoms with van der Waals surface area (Å²) in [6.45, 7) is 4.18. The van der Waals surface area contributed by atoms with Crippen LogP contribution in [0.3, 0.4) is 0 Å². The van der Waals surface area contributed by atoms with Crippen LogP contribution < -0.4 is 5.32 Å². The summed E-state index contributed by atoms with van der Waals surface area (Å²) in [5, 5.41) is 26.4. The molecular weight excluding hydrogens is 370 g/mol. The number of aromatic nitrogens is 1. The third-order valence-electron chi connectivity index (χ3n) is 6.68. The molecule has 3 fully saturated rings. The first-order chi connectivity index (χ1) is 13.4. The quantitative estimate of drug-likeness (QED) is 0.383. The summed E-state index contributed by atoms with van der Waals surface area (Å²) in [6.07, 6.45) is 13.9. The molecule has 2 spiro atoms. The third kappa shape index (κ3) is 3.46. The second kappa shape index (κ2) is 7.08. The van der Waals surface area contributed by atoms with Gasteiger partial charge in [0, 0.05) is 29.8 Å². The molecule has 28 heavy (non-hydrogen) atoms. The number of thiazole rings is 1. The molecule has 0 unspecified atom stereocenters. The molecule has 1 aromatic rings. The van der Waals surface area contributed by atoms with Crippen LogP contribution in [0.25, 0.3) is 5.57 Å². The zero-order valence-corrected chi connectivity index (χ0v) is 17.9. The average molecular weight is 402 g/mol. The maximum absolute atomic E-state index is 11.6.